The normalized spacial score (nSPS) is 12.5. The van der Waals surface area contributed by atoms with Crippen LogP contribution >= 0.6 is 0 Å². The van der Waals surface area contributed by atoms with Gasteiger partial charge in [-0.2, -0.15) is 0 Å². The smallest absolute Gasteiger partial charge is 0.351 e. The van der Waals surface area contributed by atoms with Gasteiger partial charge in [-0.15, -0.1) is 9.51 Å². The highest BCUT2D eigenvalue weighted by Crippen LogP contribution is 2.30. The van der Waals surface area contributed by atoms with Gasteiger partial charge in [0.25, 0.3) is 5.56 Å². The van der Waals surface area contributed by atoms with Gasteiger partial charge in [0.2, 0.25) is 0 Å². The van der Waals surface area contributed by atoms with Crippen molar-refractivity contribution in [2.45, 2.75) is 19.8 Å². The lowest BCUT2D eigenvalue weighted by Gasteiger charge is -2.15. The zero-order chi connectivity index (χ0) is 18.1. The molecule has 0 saturated carbocycles. The molecular weight excluding hydrogens is 342 g/mol. The van der Waals surface area contributed by atoms with E-state index in [-0.39, 0.29) is 5.92 Å². The van der Waals surface area contributed by atoms with Gasteiger partial charge in [0.05, 0.1) is 22.3 Å². The van der Waals surface area contributed by atoms with E-state index in [0.717, 1.165) is 21.4 Å². The van der Waals surface area contributed by atoms with Crippen LogP contribution in [-0.2, 0) is 11.4 Å². The molecule has 0 radical (unpaired) electrons. The Morgan fingerprint density at radius 2 is 1.92 bits per heavy atom. The predicted octanol–water partition coefficient (Wildman–Crippen LogP) is 1.11. The molecule has 2 aromatic heterocycles. The second kappa shape index (κ2) is 6.69. The highest BCUT2D eigenvalue weighted by molar-refractivity contribution is 7.91. The van der Waals surface area contributed by atoms with Crippen molar-refractivity contribution in [2.75, 3.05) is 11.1 Å². The monoisotopic (exact) mass is 359 g/mol. The Morgan fingerprint density at radius 1 is 1.24 bits per heavy atom. The van der Waals surface area contributed by atoms with Crippen molar-refractivity contribution < 1.29 is 4.55 Å². The number of aromatic nitrogens is 4. The zero-order valence-electron chi connectivity index (χ0n) is 13.9. The fraction of sp³-hybridized carbons (Fsp3) is 0.250. The third-order valence-electron chi connectivity index (χ3n) is 3.78. The maximum Gasteiger partial charge on any atom is 0.351 e. The number of nitrogens with one attached hydrogen (secondary N) is 2. The van der Waals surface area contributed by atoms with Gasteiger partial charge in [0.15, 0.2) is 0 Å². The third-order valence-corrected chi connectivity index (χ3v) is 4.22. The number of rotatable bonds is 4. The summed E-state index contributed by atoms with van der Waals surface area (Å²) < 4.78 is 12.1. The van der Waals surface area contributed by atoms with Crippen LogP contribution in [0.3, 0.4) is 0 Å². The summed E-state index contributed by atoms with van der Waals surface area (Å²) in [6.07, 6.45) is 6.11. The summed E-state index contributed by atoms with van der Waals surface area (Å²) in [5.41, 5.74) is 1.75. The van der Waals surface area contributed by atoms with Gasteiger partial charge in [0.1, 0.15) is 12.6 Å². The minimum atomic E-state index is -1.56. The van der Waals surface area contributed by atoms with E-state index >= 15 is 0 Å². The standard InChI is InChI=1S/C16H17N5O3S/c1-9(2)11-5-14-13(4-12(11)10-6-17-8-18-7-10)15(22)21(16(23)19-14)20-25(3)24/h4-9,20H,1-3H3,(H,19,23). The summed E-state index contributed by atoms with van der Waals surface area (Å²) in [4.78, 5) is 37.8. The minimum absolute atomic E-state index is 0.159. The Balaban J connectivity index is 2.35. The van der Waals surface area contributed by atoms with Crippen LogP contribution < -0.4 is 16.1 Å². The molecule has 8 nitrogen and oxygen atoms in total. The van der Waals surface area contributed by atoms with Gasteiger partial charge < -0.3 is 9.54 Å². The quantitative estimate of drug-likeness (QED) is 0.674. The van der Waals surface area contributed by atoms with Crippen molar-refractivity contribution in [3.05, 3.63) is 57.3 Å². The molecule has 0 saturated heterocycles. The number of nitrogens with zero attached hydrogens (tertiary/aromatic N) is 3. The van der Waals surface area contributed by atoms with Crippen molar-refractivity contribution in [1.82, 2.24) is 19.6 Å². The van der Waals surface area contributed by atoms with E-state index in [0.29, 0.717) is 10.9 Å². The first-order valence-electron chi connectivity index (χ1n) is 7.57. The molecule has 2 heterocycles. The molecule has 9 heteroatoms. The summed E-state index contributed by atoms with van der Waals surface area (Å²) in [7, 11) is 0. The first-order chi connectivity index (χ1) is 11.9. The van der Waals surface area contributed by atoms with E-state index in [9.17, 15) is 14.1 Å². The summed E-state index contributed by atoms with van der Waals surface area (Å²) in [5, 5.41) is 0.306. The highest BCUT2D eigenvalue weighted by atomic mass is 32.2. The van der Waals surface area contributed by atoms with Gasteiger partial charge in [-0.3, -0.25) is 4.79 Å². The minimum Gasteiger partial charge on any atom is -0.592 e. The number of benzene rings is 1. The maximum absolute atomic E-state index is 12.7. The average molecular weight is 359 g/mol. The molecule has 3 aromatic rings. The van der Waals surface area contributed by atoms with Crippen molar-refractivity contribution in [3.63, 3.8) is 0 Å². The Bertz CT molecular complexity index is 1030. The Morgan fingerprint density at radius 3 is 2.52 bits per heavy atom. The number of fused-ring (bicyclic) bond motifs is 1. The lowest BCUT2D eigenvalue weighted by molar-refractivity contribution is 0.597. The van der Waals surface area contributed by atoms with E-state index in [1.54, 1.807) is 24.5 Å². The molecule has 0 spiro atoms. The number of hydrogen-bond acceptors (Lipinski definition) is 6. The maximum atomic E-state index is 12.7. The molecule has 0 aliphatic rings. The van der Waals surface area contributed by atoms with Crippen LogP contribution in [0.5, 0.6) is 0 Å². The second-order valence-electron chi connectivity index (χ2n) is 5.88. The van der Waals surface area contributed by atoms with Crippen LogP contribution in [0.2, 0.25) is 0 Å². The van der Waals surface area contributed by atoms with Crippen LogP contribution in [0, 0.1) is 0 Å². The summed E-state index contributed by atoms with van der Waals surface area (Å²) >= 11 is -1.56. The molecule has 130 valence electrons. The second-order valence-corrected chi connectivity index (χ2v) is 6.97. The van der Waals surface area contributed by atoms with Crippen molar-refractivity contribution in [2.24, 2.45) is 0 Å². The molecule has 1 aromatic carbocycles. The summed E-state index contributed by atoms with van der Waals surface area (Å²) in [5.74, 6) is 0.159. The summed E-state index contributed by atoms with van der Waals surface area (Å²) in [6.45, 7) is 4.05. The molecule has 3 rings (SSSR count). The van der Waals surface area contributed by atoms with E-state index in [4.69, 9.17) is 0 Å². The van der Waals surface area contributed by atoms with E-state index in [2.05, 4.69) is 19.8 Å². The molecule has 1 unspecified atom stereocenters. The highest BCUT2D eigenvalue weighted by Gasteiger charge is 2.16. The largest absolute Gasteiger partial charge is 0.592 e. The zero-order valence-corrected chi connectivity index (χ0v) is 14.8. The molecule has 2 N–H and O–H groups in total. The van der Waals surface area contributed by atoms with E-state index in [1.807, 2.05) is 13.8 Å². The molecule has 1 atom stereocenters. The van der Waals surface area contributed by atoms with Crippen LogP contribution in [0.25, 0.3) is 22.0 Å². The Kier molecular flexibility index (Phi) is 4.60. The molecule has 0 aliphatic heterocycles. The van der Waals surface area contributed by atoms with Crippen molar-refractivity contribution in [3.8, 4) is 11.1 Å². The van der Waals surface area contributed by atoms with Crippen molar-refractivity contribution >= 4 is 22.3 Å². The van der Waals surface area contributed by atoms with Crippen LogP contribution in [0.1, 0.15) is 25.3 Å². The Labute approximate surface area is 146 Å². The molecule has 0 bridgehead atoms. The van der Waals surface area contributed by atoms with Gasteiger partial charge in [-0.05, 0) is 29.2 Å². The van der Waals surface area contributed by atoms with Gasteiger partial charge >= 0.3 is 5.69 Å². The topological polar surface area (TPSA) is 116 Å². The lowest BCUT2D eigenvalue weighted by atomic mass is 9.92. The number of aromatic amines is 1. The molecular formula is C16H17N5O3S. The fourth-order valence-corrected chi connectivity index (χ4v) is 3.08. The van der Waals surface area contributed by atoms with E-state index < -0.39 is 22.6 Å². The Hall–Kier alpha value is -2.65. The lowest BCUT2D eigenvalue weighted by Crippen LogP contribution is -2.43. The molecule has 0 aliphatic carbocycles. The average Bonchev–Trinajstić information content (AvgIpc) is 2.58. The van der Waals surface area contributed by atoms with Gasteiger partial charge in [-0.1, -0.05) is 13.8 Å². The molecule has 0 fully saturated rings. The van der Waals surface area contributed by atoms with Crippen LogP contribution in [0.15, 0.2) is 40.4 Å². The van der Waals surface area contributed by atoms with Crippen LogP contribution in [0.4, 0.5) is 0 Å². The number of hydrogen-bond donors (Lipinski definition) is 2. The summed E-state index contributed by atoms with van der Waals surface area (Å²) in [6, 6.07) is 3.50. The van der Waals surface area contributed by atoms with Crippen LogP contribution in [-0.4, -0.2) is 30.4 Å². The first-order valence-corrected chi connectivity index (χ1v) is 9.12. The van der Waals surface area contributed by atoms with E-state index in [1.165, 1.54) is 12.6 Å². The third kappa shape index (κ3) is 3.28. The molecule has 0 amide bonds. The fourth-order valence-electron chi connectivity index (χ4n) is 2.66. The SMILES string of the molecule is CC(C)c1cc2[nH]c(=O)n(N[S+](C)[O-])c(=O)c2cc1-c1cncnc1. The molecule has 25 heavy (non-hydrogen) atoms. The number of H-pyrrole nitrogens is 1. The van der Waals surface area contributed by atoms with Gasteiger partial charge in [-0.25, -0.2) is 14.8 Å². The van der Waals surface area contributed by atoms with Gasteiger partial charge in [0, 0.05) is 18.0 Å². The predicted molar refractivity (Wildman–Crippen MR) is 97.4 cm³/mol. The first kappa shape index (κ1) is 17.2. The van der Waals surface area contributed by atoms with Crippen molar-refractivity contribution in [1.29, 1.82) is 0 Å².